The van der Waals surface area contributed by atoms with Crippen molar-refractivity contribution >= 4 is 16.8 Å². The number of nitrogens with one attached hydrogen (secondary N) is 1. The number of carbonyl (C=O) groups excluding carboxylic acids is 1. The Morgan fingerprint density at radius 2 is 1.89 bits per heavy atom. The lowest BCUT2D eigenvalue weighted by molar-refractivity contribution is -0.121. The predicted molar refractivity (Wildman–Crippen MR) is 105 cm³/mol. The van der Waals surface area contributed by atoms with Gasteiger partial charge >= 0.3 is 0 Å². The van der Waals surface area contributed by atoms with Gasteiger partial charge < -0.3 is 10.1 Å². The smallest absolute Gasteiger partial charge is 0.241 e. The normalized spacial score (nSPS) is 10.9. The lowest BCUT2D eigenvalue weighted by Gasteiger charge is -2.11. The number of ether oxygens (including phenoxy) is 1. The first kappa shape index (κ1) is 18.6. The molecule has 0 saturated carbocycles. The van der Waals surface area contributed by atoms with Gasteiger partial charge in [-0.25, -0.2) is 0 Å². The lowest BCUT2D eigenvalue weighted by atomic mass is 10.1. The molecule has 0 aliphatic carbocycles. The van der Waals surface area contributed by atoms with Crippen molar-refractivity contribution in [2.24, 2.45) is 0 Å². The van der Waals surface area contributed by atoms with Crippen LogP contribution in [-0.2, 0) is 17.8 Å². The van der Waals surface area contributed by atoms with Crippen molar-refractivity contribution in [1.29, 1.82) is 0 Å². The highest BCUT2D eigenvalue weighted by Crippen LogP contribution is 2.14. The second-order valence-electron chi connectivity index (χ2n) is 6.59. The number of nitrogens with zero attached hydrogens (tertiary/aromatic N) is 2. The standard InChI is InChI=1S/C21H23N3O3/c1-15(2)27-17-9-7-16(8-10-17)11-12-22-21(26)14-24-19-6-4-3-5-18(19)20(25)13-23-24/h3-10,13,15H,11-12,14H2,1-2H3,(H,22,26). The fourth-order valence-electron chi connectivity index (χ4n) is 2.83. The Balaban J connectivity index is 1.55. The van der Waals surface area contributed by atoms with Crippen LogP contribution in [0.15, 0.2) is 59.5 Å². The van der Waals surface area contributed by atoms with Crippen LogP contribution in [0.4, 0.5) is 0 Å². The third kappa shape index (κ3) is 4.94. The maximum atomic E-state index is 12.2. The van der Waals surface area contributed by atoms with Gasteiger partial charge in [-0.1, -0.05) is 24.3 Å². The topological polar surface area (TPSA) is 73.2 Å². The highest BCUT2D eigenvalue weighted by atomic mass is 16.5. The summed E-state index contributed by atoms with van der Waals surface area (Å²) in [6, 6.07) is 15.0. The molecule has 0 aliphatic heterocycles. The third-order valence-corrected chi connectivity index (χ3v) is 4.09. The summed E-state index contributed by atoms with van der Waals surface area (Å²) < 4.78 is 7.17. The van der Waals surface area contributed by atoms with Gasteiger partial charge in [-0.15, -0.1) is 0 Å². The first-order valence-electron chi connectivity index (χ1n) is 9.00. The van der Waals surface area contributed by atoms with E-state index in [0.29, 0.717) is 17.4 Å². The number of carbonyl (C=O) groups is 1. The molecule has 3 rings (SSSR count). The average molecular weight is 365 g/mol. The summed E-state index contributed by atoms with van der Waals surface area (Å²) in [7, 11) is 0. The van der Waals surface area contributed by atoms with E-state index in [-0.39, 0.29) is 24.0 Å². The van der Waals surface area contributed by atoms with E-state index in [4.69, 9.17) is 4.74 Å². The highest BCUT2D eigenvalue weighted by molar-refractivity contribution is 5.81. The fraction of sp³-hybridized carbons (Fsp3) is 0.286. The van der Waals surface area contributed by atoms with E-state index >= 15 is 0 Å². The van der Waals surface area contributed by atoms with Crippen molar-refractivity contribution < 1.29 is 9.53 Å². The second-order valence-corrected chi connectivity index (χ2v) is 6.59. The molecule has 0 unspecified atom stereocenters. The van der Waals surface area contributed by atoms with Crippen LogP contribution in [0.3, 0.4) is 0 Å². The molecule has 1 aromatic heterocycles. The Labute approximate surface area is 157 Å². The zero-order valence-corrected chi connectivity index (χ0v) is 15.5. The first-order chi connectivity index (χ1) is 13.0. The summed E-state index contributed by atoms with van der Waals surface area (Å²) in [4.78, 5) is 24.1. The minimum absolute atomic E-state index is 0.0714. The van der Waals surface area contributed by atoms with Gasteiger partial charge in [0, 0.05) is 11.9 Å². The highest BCUT2D eigenvalue weighted by Gasteiger charge is 2.08. The van der Waals surface area contributed by atoms with Crippen molar-refractivity contribution in [3.8, 4) is 5.75 Å². The number of benzene rings is 2. The Kier molecular flexibility index (Phi) is 5.86. The number of hydrogen-bond donors (Lipinski definition) is 1. The van der Waals surface area contributed by atoms with Gasteiger partial charge in [0.2, 0.25) is 11.3 Å². The largest absolute Gasteiger partial charge is 0.491 e. The van der Waals surface area contributed by atoms with Gasteiger partial charge in [0.15, 0.2) is 0 Å². The Morgan fingerprint density at radius 1 is 1.15 bits per heavy atom. The van der Waals surface area contributed by atoms with Crippen LogP contribution in [0.1, 0.15) is 19.4 Å². The summed E-state index contributed by atoms with van der Waals surface area (Å²) in [6.07, 6.45) is 2.12. The molecule has 3 aromatic rings. The molecule has 1 heterocycles. The van der Waals surface area contributed by atoms with Gasteiger partial charge in [0.25, 0.3) is 0 Å². The van der Waals surface area contributed by atoms with Gasteiger partial charge in [0.1, 0.15) is 12.3 Å². The van der Waals surface area contributed by atoms with Crippen LogP contribution in [-0.4, -0.2) is 28.3 Å². The number of fused-ring (bicyclic) bond motifs is 1. The van der Waals surface area contributed by atoms with Crippen molar-refractivity contribution in [1.82, 2.24) is 15.1 Å². The maximum Gasteiger partial charge on any atom is 0.241 e. The molecule has 0 bridgehead atoms. The minimum Gasteiger partial charge on any atom is -0.491 e. The molecular formula is C21H23N3O3. The summed E-state index contributed by atoms with van der Waals surface area (Å²) >= 11 is 0. The molecule has 1 amide bonds. The van der Waals surface area contributed by atoms with Crippen LogP contribution >= 0.6 is 0 Å². The van der Waals surface area contributed by atoms with E-state index in [0.717, 1.165) is 17.7 Å². The molecule has 6 heteroatoms. The summed E-state index contributed by atoms with van der Waals surface area (Å²) in [6.45, 7) is 4.58. The molecule has 2 aromatic carbocycles. The lowest BCUT2D eigenvalue weighted by Crippen LogP contribution is -2.30. The zero-order valence-electron chi connectivity index (χ0n) is 15.5. The van der Waals surface area contributed by atoms with E-state index in [1.807, 2.05) is 44.2 Å². The van der Waals surface area contributed by atoms with Crippen LogP contribution in [0.2, 0.25) is 0 Å². The Morgan fingerprint density at radius 3 is 2.63 bits per heavy atom. The molecule has 6 nitrogen and oxygen atoms in total. The predicted octanol–water partition coefficient (Wildman–Crippen LogP) is 2.54. The summed E-state index contributed by atoms with van der Waals surface area (Å²) in [5.74, 6) is 0.699. The molecule has 0 spiro atoms. The molecule has 0 atom stereocenters. The van der Waals surface area contributed by atoms with Crippen molar-refractivity contribution in [3.63, 3.8) is 0 Å². The summed E-state index contributed by atoms with van der Waals surface area (Å²) in [5.41, 5.74) is 1.63. The third-order valence-electron chi connectivity index (χ3n) is 4.09. The van der Waals surface area contributed by atoms with Gasteiger partial charge in [-0.3, -0.25) is 14.3 Å². The van der Waals surface area contributed by atoms with Crippen LogP contribution in [0.25, 0.3) is 10.9 Å². The quantitative estimate of drug-likeness (QED) is 0.698. The van der Waals surface area contributed by atoms with Crippen molar-refractivity contribution in [2.45, 2.75) is 32.9 Å². The number of aromatic nitrogens is 2. The minimum atomic E-state index is -0.146. The SMILES string of the molecule is CC(C)Oc1ccc(CCNC(=O)Cn2ncc(=O)c3ccccc32)cc1. The Hall–Kier alpha value is -3.15. The van der Waals surface area contributed by atoms with Crippen LogP contribution in [0, 0.1) is 0 Å². The van der Waals surface area contributed by atoms with Crippen LogP contribution in [0.5, 0.6) is 5.75 Å². The van der Waals surface area contributed by atoms with Crippen molar-refractivity contribution in [2.75, 3.05) is 6.54 Å². The molecule has 0 aliphatic rings. The zero-order chi connectivity index (χ0) is 19.2. The van der Waals surface area contributed by atoms with E-state index in [9.17, 15) is 9.59 Å². The molecule has 0 saturated heterocycles. The molecule has 27 heavy (non-hydrogen) atoms. The summed E-state index contributed by atoms with van der Waals surface area (Å²) in [5, 5.41) is 7.53. The monoisotopic (exact) mass is 365 g/mol. The van der Waals surface area contributed by atoms with E-state index in [1.165, 1.54) is 6.20 Å². The molecule has 1 N–H and O–H groups in total. The molecular weight excluding hydrogens is 342 g/mol. The number of amides is 1. The second kappa shape index (κ2) is 8.49. The Bertz CT molecular complexity index is 978. The molecule has 0 fully saturated rings. The number of rotatable bonds is 7. The molecule has 0 radical (unpaired) electrons. The fourth-order valence-corrected chi connectivity index (χ4v) is 2.83. The number of para-hydroxylation sites is 1. The first-order valence-corrected chi connectivity index (χ1v) is 9.00. The van der Waals surface area contributed by atoms with Gasteiger partial charge in [-0.2, -0.15) is 5.10 Å². The molecule has 140 valence electrons. The average Bonchev–Trinajstić information content (AvgIpc) is 2.65. The van der Waals surface area contributed by atoms with Gasteiger partial charge in [0.05, 0.1) is 17.8 Å². The number of hydrogen-bond acceptors (Lipinski definition) is 4. The van der Waals surface area contributed by atoms with Gasteiger partial charge in [-0.05, 0) is 50.1 Å². The maximum absolute atomic E-state index is 12.2. The van der Waals surface area contributed by atoms with Crippen molar-refractivity contribution in [3.05, 3.63) is 70.5 Å². The van der Waals surface area contributed by atoms with Crippen LogP contribution < -0.4 is 15.5 Å². The van der Waals surface area contributed by atoms with E-state index in [1.54, 1.807) is 22.9 Å². The van der Waals surface area contributed by atoms with E-state index < -0.39 is 0 Å². The van der Waals surface area contributed by atoms with E-state index in [2.05, 4.69) is 10.4 Å².